The standard InChI is InChI=1S/C45H86N2O5/c1-3-5-7-9-11-13-15-17-19-21-23-25-27-29-31-33-35-37-43(49)47(41(45(51)52)39-40-42(46)48)44(50)38-36-34-32-30-28-26-24-22-20-18-16-14-12-10-8-6-4-2/h41H,3-40H2,1-2H3,(H2,46,48)(H,51,52)/t41-/m0/s1. The second kappa shape index (κ2) is 38.8. The molecule has 0 fully saturated rings. The topological polar surface area (TPSA) is 118 Å². The summed E-state index contributed by atoms with van der Waals surface area (Å²) in [6, 6.07) is -1.34. The van der Waals surface area contributed by atoms with E-state index < -0.39 is 29.7 Å². The number of nitrogens with two attached hydrogens (primary N) is 1. The third-order valence-electron chi connectivity index (χ3n) is 10.8. The van der Waals surface area contributed by atoms with Gasteiger partial charge in [0.15, 0.2) is 0 Å². The zero-order chi connectivity index (χ0) is 38.3. The number of unbranched alkanes of at least 4 members (excludes halogenated alkanes) is 32. The van der Waals surface area contributed by atoms with Gasteiger partial charge >= 0.3 is 5.97 Å². The number of hydrogen-bond acceptors (Lipinski definition) is 4. The van der Waals surface area contributed by atoms with Gasteiger partial charge in [0.1, 0.15) is 6.04 Å². The molecule has 3 amide bonds. The number of primary amides is 1. The normalized spacial score (nSPS) is 11.9. The van der Waals surface area contributed by atoms with Crippen LogP contribution in [0.15, 0.2) is 0 Å². The van der Waals surface area contributed by atoms with Gasteiger partial charge in [-0.05, 0) is 19.3 Å². The number of hydrogen-bond donors (Lipinski definition) is 2. The van der Waals surface area contributed by atoms with E-state index in [0.717, 1.165) is 43.4 Å². The summed E-state index contributed by atoms with van der Waals surface area (Å²) >= 11 is 0. The first kappa shape index (κ1) is 50.1. The van der Waals surface area contributed by atoms with Crippen molar-refractivity contribution >= 4 is 23.7 Å². The molecule has 1 atom stereocenters. The van der Waals surface area contributed by atoms with E-state index in [4.69, 9.17) is 5.73 Å². The maximum absolute atomic E-state index is 13.2. The van der Waals surface area contributed by atoms with Gasteiger partial charge < -0.3 is 10.8 Å². The Balaban J connectivity index is 4.21. The van der Waals surface area contributed by atoms with Crippen molar-refractivity contribution in [3.05, 3.63) is 0 Å². The van der Waals surface area contributed by atoms with Crippen LogP contribution in [0.5, 0.6) is 0 Å². The molecule has 0 saturated carbocycles. The van der Waals surface area contributed by atoms with Crippen LogP contribution in [-0.4, -0.2) is 39.7 Å². The molecule has 0 aromatic heterocycles. The molecule has 52 heavy (non-hydrogen) atoms. The Labute approximate surface area is 321 Å². The number of carbonyl (C=O) groups excluding carboxylic acids is 3. The van der Waals surface area contributed by atoms with Gasteiger partial charge in [0.25, 0.3) is 0 Å². The highest BCUT2D eigenvalue weighted by molar-refractivity contribution is 5.99. The van der Waals surface area contributed by atoms with Gasteiger partial charge in [-0.25, -0.2) is 4.79 Å². The minimum Gasteiger partial charge on any atom is -0.480 e. The zero-order valence-corrected chi connectivity index (χ0v) is 34.6. The van der Waals surface area contributed by atoms with Crippen molar-refractivity contribution in [3.8, 4) is 0 Å². The number of carboxylic acid groups (broad SMARTS) is 1. The Bertz CT molecular complexity index is 798. The number of carbonyl (C=O) groups is 4. The van der Waals surface area contributed by atoms with Gasteiger partial charge in [0, 0.05) is 19.3 Å². The predicted octanol–water partition coefficient (Wildman–Crippen LogP) is 13.1. The second-order valence-electron chi connectivity index (χ2n) is 15.8. The second-order valence-corrected chi connectivity index (χ2v) is 15.8. The van der Waals surface area contributed by atoms with E-state index in [1.165, 1.54) is 167 Å². The molecule has 0 bridgehead atoms. The SMILES string of the molecule is CCCCCCCCCCCCCCCCCCCC(=O)N(C(=O)CCCCCCCCCCCCCCCCCCC)[C@@H](CCC(N)=O)C(=O)O. The molecule has 0 aromatic rings. The van der Waals surface area contributed by atoms with Crippen LogP contribution >= 0.6 is 0 Å². The van der Waals surface area contributed by atoms with Crippen LogP contribution in [0.25, 0.3) is 0 Å². The van der Waals surface area contributed by atoms with Crippen molar-refractivity contribution < 1.29 is 24.3 Å². The summed E-state index contributed by atoms with van der Waals surface area (Å²) in [7, 11) is 0. The van der Waals surface area contributed by atoms with Crippen molar-refractivity contribution in [1.82, 2.24) is 4.90 Å². The number of carboxylic acids is 1. The number of imide groups is 1. The van der Waals surface area contributed by atoms with E-state index in [9.17, 15) is 24.3 Å². The van der Waals surface area contributed by atoms with E-state index in [-0.39, 0.29) is 25.7 Å². The van der Waals surface area contributed by atoms with Crippen LogP contribution in [0.1, 0.15) is 258 Å². The number of amides is 3. The molecule has 0 heterocycles. The zero-order valence-electron chi connectivity index (χ0n) is 34.6. The molecule has 0 aliphatic rings. The van der Waals surface area contributed by atoms with Gasteiger partial charge in [0.05, 0.1) is 0 Å². The molecule has 0 rings (SSSR count). The molecule has 0 aliphatic carbocycles. The Hall–Kier alpha value is -1.92. The lowest BCUT2D eigenvalue weighted by molar-refractivity contribution is -0.158. The van der Waals surface area contributed by atoms with Crippen molar-refractivity contribution in [2.75, 3.05) is 0 Å². The molecular formula is C45H86N2O5. The molecule has 0 radical (unpaired) electrons. The third-order valence-corrected chi connectivity index (χ3v) is 10.8. The van der Waals surface area contributed by atoms with E-state index in [1.54, 1.807) is 0 Å². The highest BCUT2D eigenvalue weighted by Gasteiger charge is 2.34. The Kier molecular flexibility index (Phi) is 37.4. The average Bonchev–Trinajstić information content (AvgIpc) is 3.12. The van der Waals surface area contributed by atoms with Crippen molar-refractivity contribution in [2.45, 2.75) is 264 Å². The summed E-state index contributed by atoms with van der Waals surface area (Å²) in [5, 5.41) is 9.90. The van der Waals surface area contributed by atoms with Crippen LogP contribution in [-0.2, 0) is 19.2 Å². The van der Waals surface area contributed by atoms with Crippen LogP contribution in [0, 0.1) is 0 Å². The first-order valence-corrected chi connectivity index (χ1v) is 22.7. The van der Waals surface area contributed by atoms with E-state index in [2.05, 4.69) is 13.8 Å². The molecular weight excluding hydrogens is 649 g/mol. The lowest BCUT2D eigenvalue weighted by Gasteiger charge is -2.27. The minimum absolute atomic E-state index is 0.139. The average molecular weight is 735 g/mol. The molecule has 0 aliphatic heterocycles. The van der Waals surface area contributed by atoms with Gasteiger partial charge in [-0.1, -0.05) is 219 Å². The summed E-state index contributed by atoms with van der Waals surface area (Å²) in [6.07, 6.45) is 42.4. The van der Waals surface area contributed by atoms with Gasteiger partial charge in [-0.3, -0.25) is 19.3 Å². The quantitative estimate of drug-likeness (QED) is 0.0606. The summed E-state index contributed by atoms with van der Waals surface area (Å²) in [5.74, 6) is -2.76. The van der Waals surface area contributed by atoms with Crippen LogP contribution in [0.3, 0.4) is 0 Å². The molecule has 0 saturated heterocycles. The fraction of sp³-hybridized carbons (Fsp3) is 0.911. The summed E-state index contributed by atoms with van der Waals surface area (Å²) in [6.45, 7) is 4.53. The smallest absolute Gasteiger partial charge is 0.326 e. The first-order chi connectivity index (χ1) is 25.3. The maximum atomic E-state index is 13.2. The van der Waals surface area contributed by atoms with E-state index in [0.29, 0.717) is 12.8 Å². The molecule has 0 unspecified atom stereocenters. The van der Waals surface area contributed by atoms with Crippen molar-refractivity contribution in [2.24, 2.45) is 5.73 Å². The fourth-order valence-electron chi connectivity index (χ4n) is 7.37. The number of aliphatic carboxylic acids is 1. The van der Waals surface area contributed by atoms with Gasteiger partial charge in [-0.15, -0.1) is 0 Å². The number of rotatable bonds is 41. The Morgan fingerprint density at radius 1 is 0.404 bits per heavy atom. The molecule has 7 nitrogen and oxygen atoms in total. The minimum atomic E-state index is -1.34. The van der Waals surface area contributed by atoms with Crippen molar-refractivity contribution in [3.63, 3.8) is 0 Å². The lowest BCUT2D eigenvalue weighted by atomic mass is 10.0. The summed E-state index contributed by atoms with van der Waals surface area (Å²) in [5.41, 5.74) is 5.29. The van der Waals surface area contributed by atoms with E-state index in [1.807, 2.05) is 0 Å². The summed E-state index contributed by atoms with van der Waals surface area (Å²) in [4.78, 5) is 51.0. The van der Waals surface area contributed by atoms with E-state index >= 15 is 0 Å². The molecule has 7 heteroatoms. The van der Waals surface area contributed by atoms with Crippen LogP contribution in [0.2, 0.25) is 0 Å². The molecule has 0 spiro atoms. The Morgan fingerprint density at radius 3 is 0.846 bits per heavy atom. The third kappa shape index (κ3) is 32.7. The molecule has 3 N–H and O–H groups in total. The lowest BCUT2D eigenvalue weighted by Crippen LogP contribution is -2.49. The van der Waals surface area contributed by atoms with Crippen LogP contribution < -0.4 is 5.73 Å². The first-order valence-electron chi connectivity index (χ1n) is 22.7. The highest BCUT2D eigenvalue weighted by atomic mass is 16.4. The van der Waals surface area contributed by atoms with Gasteiger partial charge in [0.2, 0.25) is 17.7 Å². The summed E-state index contributed by atoms with van der Waals surface area (Å²) < 4.78 is 0. The monoisotopic (exact) mass is 735 g/mol. The Morgan fingerprint density at radius 2 is 0.635 bits per heavy atom. The molecule has 0 aromatic carbocycles. The predicted molar refractivity (Wildman–Crippen MR) is 219 cm³/mol. The largest absolute Gasteiger partial charge is 0.480 e. The van der Waals surface area contributed by atoms with Gasteiger partial charge in [-0.2, -0.15) is 0 Å². The maximum Gasteiger partial charge on any atom is 0.326 e. The van der Waals surface area contributed by atoms with Crippen LogP contribution in [0.4, 0.5) is 0 Å². The number of nitrogens with zero attached hydrogens (tertiary/aromatic N) is 1. The molecule has 306 valence electrons. The fourth-order valence-corrected chi connectivity index (χ4v) is 7.37. The highest BCUT2D eigenvalue weighted by Crippen LogP contribution is 2.19. The van der Waals surface area contributed by atoms with Crippen molar-refractivity contribution in [1.29, 1.82) is 0 Å².